The molecule has 0 radical (unpaired) electrons. The van der Waals surface area contributed by atoms with E-state index in [1.807, 2.05) is 0 Å². The van der Waals surface area contributed by atoms with Gasteiger partial charge in [-0.1, -0.05) is 0 Å². The summed E-state index contributed by atoms with van der Waals surface area (Å²) in [7, 11) is 6.25. The first-order valence-electron chi connectivity index (χ1n) is 1.65. The molecule has 0 saturated carbocycles. The van der Waals surface area contributed by atoms with Crippen LogP contribution in [0.25, 0.3) is 0 Å². The lowest BCUT2D eigenvalue weighted by molar-refractivity contribution is -0.836. The third-order valence-corrected chi connectivity index (χ3v) is 0. The van der Waals surface area contributed by atoms with E-state index < -0.39 is 0 Å². The molecule has 0 aromatic heterocycles. The molecule has 0 aliphatic carbocycles. The molecule has 0 unspecified atom stereocenters. The average Bonchev–Trinajstić information content (AvgIpc) is 1.41. The molecule has 0 rings (SSSR count). The van der Waals surface area contributed by atoms with Crippen molar-refractivity contribution >= 4 is 11.9 Å². The predicted molar refractivity (Wildman–Crippen MR) is 24.6 cm³/mol. The van der Waals surface area contributed by atoms with Gasteiger partial charge in [-0.25, -0.2) is 11.9 Å². The molecule has 0 bridgehead atoms. The van der Waals surface area contributed by atoms with Gasteiger partial charge in [0.25, 0.3) is 0 Å². The maximum atomic E-state index is 7.72. The van der Waals surface area contributed by atoms with Gasteiger partial charge >= 0.3 is 0 Å². The molecular formula is C3H10ClNO. The van der Waals surface area contributed by atoms with Gasteiger partial charge < -0.3 is 9.56 Å². The summed E-state index contributed by atoms with van der Waals surface area (Å²) < 4.78 is 7.72. The first kappa shape index (κ1) is 9.51. The van der Waals surface area contributed by atoms with Gasteiger partial charge in [0.15, 0.2) is 0 Å². The van der Waals surface area contributed by atoms with Crippen molar-refractivity contribution in [3.8, 4) is 0 Å². The van der Waals surface area contributed by atoms with Gasteiger partial charge in [-0.3, -0.25) is 0 Å². The second-order valence-corrected chi connectivity index (χ2v) is 1.50. The van der Waals surface area contributed by atoms with Crippen LogP contribution in [-0.2, 0) is 0 Å². The van der Waals surface area contributed by atoms with Crippen LogP contribution >= 0.6 is 11.9 Å². The van der Waals surface area contributed by atoms with Gasteiger partial charge in [0.05, 0.1) is 21.1 Å². The zero-order valence-electron chi connectivity index (χ0n) is 4.29. The number of hydrogen-bond acceptors (Lipinski definition) is 1. The van der Waals surface area contributed by atoms with E-state index in [9.17, 15) is 0 Å². The fourth-order valence-corrected chi connectivity index (χ4v) is 0. The third kappa shape index (κ3) is 984. The maximum absolute atomic E-state index is 7.72. The largest absolute Gasteiger partial charge is 0.769 e. The molecule has 3 heteroatoms. The molecule has 0 saturated heterocycles. The van der Waals surface area contributed by atoms with Gasteiger partial charge in [-0.15, -0.1) is 0 Å². The number of quaternary nitrogens is 1. The van der Waals surface area contributed by atoms with Crippen LogP contribution in [0, 0.1) is 0 Å². The molecule has 0 fully saturated rings. The normalized spacial score (nSPS) is 7.00. The lowest BCUT2D eigenvalue weighted by Crippen LogP contribution is -3.02. The molecule has 40 valence electrons. The van der Waals surface area contributed by atoms with Gasteiger partial charge in [0.2, 0.25) is 0 Å². The van der Waals surface area contributed by atoms with Crippen molar-refractivity contribution in [1.29, 1.82) is 0 Å². The monoisotopic (exact) mass is 111 g/mol. The minimum absolute atomic E-state index is 1.42. The fraction of sp³-hybridized carbons (Fsp3) is 1.00. The molecular weight excluding hydrogens is 101 g/mol. The van der Waals surface area contributed by atoms with Gasteiger partial charge in [0, 0.05) is 0 Å². The molecule has 2 nitrogen and oxygen atoms in total. The molecule has 0 amide bonds. The van der Waals surface area contributed by atoms with Crippen molar-refractivity contribution < 1.29 is 9.56 Å². The second kappa shape index (κ2) is 8.96. The minimum Gasteiger partial charge on any atom is -0.769 e. The second-order valence-electron chi connectivity index (χ2n) is 1.50. The summed E-state index contributed by atoms with van der Waals surface area (Å²) in [5.41, 5.74) is 0. The first-order valence-corrected chi connectivity index (χ1v) is 1.96. The van der Waals surface area contributed by atoms with Crippen LogP contribution in [0.1, 0.15) is 0 Å². The molecule has 6 heavy (non-hydrogen) atoms. The highest BCUT2D eigenvalue weighted by Crippen LogP contribution is 1.12. The zero-order chi connectivity index (χ0) is 5.58. The zero-order valence-corrected chi connectivity index (χ0v) is 5.04. The average molecular weight is 112 g/mol. The Kier molecular flexibility index (Phi) is 14.2. The molecule has 0 aromatic carbocycles. The van der Waals surface area contributed by atoms with Crippen molar-refractivity contribution in [2.75, 3.05) is 21.1 Å². The molecule has 1 N–H and O–H groups in total. The topological polar surface area (TPSA) is 27.5 Å². The Bertz CT molecular complexity index is 15.5. The highest BCUT2D eigenvalue weighted by atomic mass is 35.5. The molecule has 0 spiro atoms. The van der Waals surface area contributed by atoms with E-state index in [0.29, 0.717) is 0 Å². The van der Waals surface area contributed by atoms with Crippen LogP contribution in [-0.4, -0.2) is 21.1 Å². The Morgan fingerprint density at radius 1 is 1.17 bits per heavy atom. The lowest BCUT2D eigenvalue weighted by atomic mass is 11.0. The molecule has 0 aliphatic heterocycles. The van der Waals surface area contributed by atoms with Crippen LogP contribution in [0.3, 0.4) is 0 Å². The van der Waals surface area contributed by atoms with Gasteiger partial charge in [-0.2, -0.15) is 0 Å². The Morgan fingerprint density at radius 3 is 1.17 bits per heavy atom. The number of rotatable bonds is 0. The molecule has 0 aliphatic rings. The van der Waals surface area contributed by atoms with Crippen molar-refractivity contribution in [1.82, 2.24) is 0 Å². The van der Waals surface area contributed by atoms with Crippen LogP contribution < -0.4 is 9.56 Å². The van der Waals surface area contributed by atoms with Crippen LogP contribution in [0.2, 0.25) is 0 Å². The summed E-state index contributed by atoms with van der Waals surface area (Å²) in [5.74, 6) is 0. The summed E-state index contributed by atoms with van der Waals surface area (Å²) in [4.78, 5) is 1.42. The van der Waals surface area contributed by atoms with E-state index in [2.05, 4.69) is 33.0 Å². The summed E-state index contributed by atoms with van der Waals surface area (Å²) >= 11 is 3.39. The summed E-state index contributed by atoms with van der Waals surface area (Å²) in [6, 6.07) is 0. The minimum atomic E-state index is 1.42. The molecule has 0 atom stereocenters. The summed E-state index contributed by atoms with van der Waals surface area (Å²) in [6.07, 6.45) is 0. The van der Waals surface area contributed by atoms with Crippen LogP contribution in [0.5, 0.6) is 0 Å². The Morgan fingerprint density at radius 2 is 1.17 bits per heavy atom. The van der Waals surface area contributed by atoms with E-state index in [1.165, 1.54) is 4.90 Å². The van der Waals surface area contributed by atoms with E-state index in [4.69, 9.17) is 4.66 Å². The Hall–Kier alpha value is 0.210. The smallest absolute Gasteiger partial charge is 0.0661 e. The SMILES string of the molecule is C[NH+](C)C.[O-]Cl. The van der Waals surface area contributed by atoms with Crippen molar-refractivity contribution in [2.24, 2.45) is 0 Å². The van der Waals surface area contributed by atoms with Gasteiger partial charge in [-0.05, 0) is 0 Å². The van der Waals surface area contributed by atoms with Crippen molar-refractivity contribution in [3.05, 3.63) is 0 Å². The van der Waals surface area contributed by atoms with Gasteiger partial charge in [0.1, 0.15) is 0 Å². The van der Waals surface area contributed by atoms with Crippen LogP contribution in [0.4, 0.5) is 0 Å². The van der Waals surface area contributed by atoms with Crippen LogP contribution in [0.15, 0.2) is 0 Å². The number of nitrogens with one attached hydrogen (secondary N) is 1. The Labute approximate surface area is 43.5 Å². The van der Waals surface area contributed by atoms with E-state index in [0.717, 1.165) is 0 Å². The van der Waals surface area contributed by atoms with E-state index >= 15 is 0 Å². The Balaban J connectivity index is 0. The highest BCUT2D eigenvalue weighted by molar-refractivity contribution is 6.02. The molecule has 0 heterocycles. The maximum Gasteiger partial charge on any atom is 0.0661 e. The van der Waals surface area contributed by atoms with E-state index in [1.54, 1.807) is 0 Å². The molecule has 0 aromatic rings. The highest BCUT2D eigenvalue weighted by Gasteiger charge is 1.61. The third-order valence-electron chi connectivity index (χ3n) is 0. The van der Waals surface area contributed by atoms with Crippen molar-refractivity contribution in [3.63, 3.8) is 0 Å². The number of halogens is 1. The number of hydrogen-bond donors (Lipinski definition) is 1. The predicted octanol–water partition coefficient (Wildman–Crippen LogP) is -1.74. The quantitative estimate of drug-likeness (QED) is 0.395. The first-order chi connectivity index (χ1) is 2.73. The van der Waals surface area contributed by atoms with Crippen molar-refractivity contribution in [2.45, 2.75) is 0 Å². The standard InChI is InChI=1S/C3H9N.ClO/c1-4(2)3;1-2/h1-3H3;/q;-1/p+1. The fourth-order valence-electron chi connectivity index (χ4n) is 0. The summed E-state index contributed by atoms with van der Waals surface area (Å²) in [6.45, 7) is 0. The lowest BCUT2D eigenvalue weighted by Gasteiger charge is -1.88. The summed E-state index contributed by atoms with van der Waals surface area (Å²) in [5, 5.41) is 0. The van der Waals surface area contributed by atoms with E-state index in [-0.39, 0.29) is 0 Å².